The highest BCUT2D eigenvalue weighted by molar-refractivity contribution is 5.85. The van der Waals surface area contributed by atoms with Gasteiger partial charge in [-0.1, -0.05) is 52.3 Å². The zero-order valence-electron chi connectivity index (χ0n) is 16.4. The molecule has 2 aliphatic carbocycles. The van der Waals surface area contributed by atoms with E-state index >= 15 is 0 Å². The van der Waals surface area contributed by atoms with Crippen LogP contribution >= 0.6 is 12.4 Å². The molecule has 1 fully saturated rings. The van der Waals surface area contributed by atoms with Crippen LogP contribution in [0.1, 0.15) is 76.0 Å². The second-order valence-corrected chi connectivity index (χ2v) is 8.99. The van der Waals surface area contributed by atoms with Crippen molar-refractivity contribution in [1.29, 1.82) is 0 Å². The largest absolute Gasteiger partial charge is 0.395 e. The molecule has 0 spiro atoms. The minimum Gasteiger partial charge on any atom is -0.395 e. The molecule has 0 amide bonds. The molecule has 25 heavy (non-hydrogen) atoms. The molecule has 1 aromatic carbocycles. The quantitative estimate of drug-likeness (QED) is 0.733. The monoisotopic (exact) mass is 365 g/mol. The average molecular weight is 366 g/mol. The molecule has 1 aromatic rings. The van der Waals surface area contributed by atoms with Gasteiger partial charge in [0.15, 0.2) is 0 Å². The fourth-order valence-electron chi connectivity index (χ4n) is 5.67. The summed E-state index contributed by atoms with van der Waals surface area (Å²) >= 11 is 0. The zero-order valence-corrected chi connectivity index (χ0v) is 17.2. The van der Waals surface area contributed by atoms with Crippen molar-refractivity contribution in [2.75, 3.05) is 19.7 Å². The lowest BCUT2D eigenvalue weighted by Crippen LogP contribution is -2.52. The Morgan fingerprint density at radius 2 is 2.00 bits per heavy atom. The van der Waals surface area contributed by atoms with Crippen molar-refractivity contribution in [3.05, 3.63) is 34.9 Å². The highest BCUT2D eigenvalue weighted by Crippen LogP contribution is 2.57. The maximum Gasteiger partial charge on any atom is 0.0555 e. The average Bonchev–Trinajstić information content (AvgIpc) is 2.54. The molecule has 2 N–H and O–H groups in total. The van der Waals surface area contributed by atoms with Crippen molar-refractivity contribution in [3.8, 4) is 0 Å². The van der Waals surface area contributed by atoms with E-state index in [1.54, 1.807) is 11.1 Å². The van der Waals surface area contributed by atoms with Gasteiger partial charge in [-0.25, -0.2) is 0 Å². The van der Waals surface area contributed by atoms with E-state index in [0.29, 0.717) is 23.3 Å². The van der Waals surface area contributed by atoms with Gasteiger partial charge in [0.05, 0.1) is 6.61 Å². The number of fused-ring (bicyclic) bond motifs is 3. The van der Waals surface area contributed by atoms with Crippen LogP contribution < -0.4 is 5.32 Å². The summed E-state index contributed by atoms with van der Waals surface area (Å²) in [7, 11) is 0. The van der Waals surface area contributed by atoms with Gasteiger partial charge in [0.2, 0.25) is 0 Å². The topological polar surface area (TPSA) is 32.3 Å². The number of halogens is 1. The summed E-state index contributed by atoms with van der Waals surface area (Å²) in [5.41, 5.74) is 5.37. The van der Waals surface area contributed by atoms with Crippen molar-refractivity contribution in [3.63, 3.8) is 0 Å². The molecule has 0 radical (unpaired) electrons. The first kappa shape index (κ1) is 20.7. The fraction of sp³-hybridized carbons (Fsp3) is 0.727. The Morgan fingerprint density at radius 3 is 2.68 bits per heavy atom. The van der Waals surface area contributed by atoms with Gasteiger partial charge in [0.1, 0.15) is 0 Å². The molecule has 0 heterocycles. The summed E-state index contributed by atoms with van der Waals surface area (Å²) in [6.45, 7) is 11.6. The summed E-state index contributed by atoms with van der Waals surface area (Å²) in [6.07, 6.45) is 6.48. The molecule has 3 atom stereocenters. The SMILES string of the molecule is CC(C)c1ccc2c(c1)CC[C@H]1[C@](C)(CNCCO)CCC[C@]21C.Cl. The summed E-state index contributed by atoms with van der Waals surface area (Å²) in [5, 5.41) is 12.6. The summed E-state index contributed by atoms with van der Waals surface area (Å²) < 4.78 is 0. The Kier molecular flexibility index (Phi) is 6.62. The highest BCUT2D eigenvalue weighted by atomic mass is 35.5. The van der Waals surface area contributed by atoms with Gasteiger partial charge in [0, 0.05) is 13.1 Å². The lowest BCUT2D eigenvalue weighted by molar-refractivity contribution is 0.0253. The Balaban J connectivity index is 0.00000225. The van der Waals surface area contributed by atoms with Gasteiger partial charge >= 0.3 is 0 Å². The van der Waals surface area contributed by atoms with Crippen LogP contribution in [0.2, 0.25) is 0 Å². The molecule has 0 aromatic heterocycles. The van der Waals surface area contributed by atoms with E-state index in [0.717, 1.165) is 12.5 Å². The number of hydrogen-bond acceptors (Lipinski definition) is 2. The molecule has 0 saturated heterocycles. The summed E-state index contributed by atoms with van der Waals surface area (Å²) in [5.74, 6) is 1.35. The van der Waals surface area contributed by atoms with Gasteiger partial charge in [0.25, 0.3) is 0 Å². The third kappa shape index (κ3) is 3.77. The Labute approximate surface area is 160 Å². The standard InChI is InChI=1S/C22H35NO.ClH/c1-16(2)17-6-8-19-18(14-17)7-9-20-21(3,15-23-12-13-24)10-5-11-22(19,20)4;/h6,8,14,16,20,23-24H,5,7,9-13,15H2,1-4H3;1H/t20-,21-,22+;/m0./s1. The van der Waals surface area contributed by atoms with Crippen molar-refractivity contribution >= 4 is 12.4 Å². The van der Waals surface area contributed by atoms with Crippen LogP contribution in [0, 0.1) is 11.3 Å². The van der Waals surface area contributed by atoms with Gasteiger partial charge in [-0.05, 0) is 65.0 Å². The van der Waals surface area contributed by atoms with E-state index in [1.165, 1.54) is 37.7 Å². The summed E-state index contributed by atoms with van der Waals surface area (Å²) in [4.78, 5) is 0. The molecular weight excluding hydrogens is 330 g/mol. The predicted octanol–water partition coefficient (Wildman–Crippen LogP) is 4.82. The Bertz CT molecular complexity index is 587. The van der Waals surface area contributed by atoms with Gasteiger partial charge < -0.3 is 10.4 Å². The fourth-order valence-corrected chi connectivity index (χ4v) is 5.67. The van der Waals surface area contributed by atoms with E-state index in [4.69, 9.17) is 5.11 Å². The van der Waals surface area contributed by atoms with Crippen LogP contribution in [-0.4, -0.2) is 24.8 Å². The van der Waals surface area contributed by atoms with Crippen molar-refractivity contribution in [2.24, 2.45) is 11.3 Å². The van der Waals surface area contributed by atoms with Crippen molar-refractivity contribution < 1.29 is 5.11 Å². The minimum atomic E-state index is 0. The van der Waals surface area contributed by atoms with Crippen LogP contribution in [0.25, 0.3) is 0 Å². The van der Waals surface area contributed by atoms with Crippen LogP contribution in [0.15, 0.2) is 18.2 Å². The molecule has 3 rings (SSSR count). The van der Waals surface area contributed by atoms with E-state index < -0.39 is 0 Å². The van der Waals surface area contributed by atoms with Crippen LogP contribution in [-0.2, 0) is 11.8 Å². The lowest BCUT2D eigenvalue weighted by atomic mass is 9.49. The smallest absolute Gasteiger partial charge is 0.0555 e. The van der Waals surface area contributed by atoms with Crippen LogP contribution in [0.5, 0.6) is 0 Å². The second-order valence-electron chi connectivity index (χ2n) is 8.99. The van der Waals surface area contributed by atoms with Crippen LogP contribution in [0.3, 0.4) is 0 Å². The maximum absolute atomic E-state index is 9.10. The summed E-state index contributed by atoms with van der Waals surface area (Å²) in [6, 6.07) is 7.30. The number of nitrogens with one attached hydrogen (secondary N) is 1. The Hall–Kier alpha value is -0.570. The third-order valence-electron chi connectivity index (χ3n) is 6.99. The number of aryl methyl sites for hydroxylation is 1. The van der Waals surface area contributed by atoms with E-state index in [-0.39, 0.29) is 19.0 Å². The van der Waals surface area contributed by atoms with Crippen LogP contribution in [0.4, 0.5) is 0 Å². The normalized spacial score (nSPS) is 31.2. The van der Waals surface area contributed by atoms with Crippen molar-refractivity contribution in [2.45, 2.75) is 71.1 Å². The molecule has 2 nitrogen and oxygen atoms in total. The molecule has 2 aliphatic rings. The van der Waals surface area contributed by atoms with Gasteiger partial charge in [-0.15, -0.1) is 12.4 Å². The third-order valence-corrected chi connectivity index (χ3v) is 6.99. The maximum atomic E-state index is 9.10. The van der Waals surface area contributed by atoms with E-state index in [2.05, 4.69) is 51.2 Å². The minimum absolute atomic E-state index is 0. The molecular formula is C22H36ClNO. The number of rotatable bonds is 5. The molecule has 0 unspecified atom stereocenters. The first-order chi connectivity index (χ1) is 11.4. The van der Waals surface area contributed by atoms with Crippen molar-refractivity contribution in [1.82, 2.24) is 5.32 Å². The number of aliphatic hydroxyl groups excluding tert-OH is 1. The number of hydrogen-bond donors (Lipinski definition) is 2. The molecule has 1 saturated carbocycles. The highest BCUT2D eigenvalue weighted by Gasteiger charge is 2.51. The number of aliphatic hydroxyl groups is 1. The first-order valence-corrected chi connectivity index (χ1v) is 9.85. The molecule has 0 bridgehead atoms. The predicted molar refractivity (Wildman–Crippen MR) is 109 cm³/mol. The molecule has 142 valence electrons. The Morgan fingerprint density at radius 1 is 1.24 bits per heavy atom. The first-order valence-electron chi connectivity index (χ1n) is 9.85. The van der Waals surface area contributed by atoms with Gasteiger partial charge in [-0.2, -0.15) is 0 Å². The number of benzene rings is 1. The zero-order chi connectivity index (χ0) is 17.4. The molecule has 0 aliphatic heterocycles. The molecule has 3 heteroatoms. The van der Waals surface area contributed by atoms with E-state index in [9.17, 15) is 0 Å². The lowest BCUT2D eigenvalue weighted by Gasteiger charge is -2.55. The van der Waals surface area contributed by atoms with E-state index in [1.807, 2.05) is 0 Å². The second kappa shape index (κ2) is 7.98. The van der Waals surface area contributed by atoms with Gasteiger partial charge in [-0.3, -0.25) is 0 Å².